The van der Waals surface area contributed by atoms with E-state index in [0.717, 1.165) is 4.79 Å². The zero-order valence-corrected chi connectivity index (χ0v) is 7.75. The average Bonchev–Trinajstić information content (AvgIpc) is 2.55. The molecule has 0 spiro atoms. The molecule has 15 heavy (non-hydrogen) atoms. The van der Waals surface area contributed by atoms with Crippen LogP contribution in [0.1, 0.15) is 5.69 Å². The number of aromatic nitrogens is 2. The van der Waals surface area contributed by atoms with Gasteiger partial charge in [0.25, 0.3) is 5.69 Å². The van der Waals surface area contributed by atoms with Gasteiger partial charge in [0.05, 0.1) is 15.9 Å². The number of fused-ring (bicyclic) bond motifs is 1. The maximum Gasteiger partial charge on any atom is 0.271 e. The van der Waals surface area contributed by atoms with Crippen LogP contribution in [0.5, 0.6) is 0 Å². The number of nitroso groups, excluding NO2 is 1. The van der Waals surface area contributed by atoms with E-state index in [1.54, 1.807) is 13.0 Å². The van der Waals surface area contributed by atoms with Gasteiger partial charge in [0, 0.05) is 17.5 Å². The van der Waals surface area contributed by atoms with Crippen LogP contribution in [0.3, 0.4) is 0 Å². The summed E-state index contributed by atoms with van der Waals surface area (Å²) in [6, 6.07) is 4.23. The molecular formula is C8H6N4O3. The van der Waals surface area contributed by atoms with Crippen molar-refractivity contribution in [3.05, 3.63) is 38.9 Å². The highest BCUT2D eigenvalue weighted by molar-refractivity contribution is 5.83. The quantitative estimate of drug-likeness (QED) is 0.425. The minimum Gasteiger partial charge on any atom is -0.258 e. The second-order valence-electron chi connectivity index (χ2n) is 3.02. The summed E-state index contributed by atoms with van der Waals surface area (Å²) in [5, 5.41) is 17.6. The Hall–Kier alpha value is -2.31. The van der Waals surface area contributed by atoms with E-state index in [-0.39, 0.29) is 5.69 Å². The summed E-state index contributed by atoms with van der Waals surface area (Å²) in [6.45, 7) is 1.67. The SMILES string of the molecule is Cc1c2ccc([N+](=O)[O-])cc2nn1N=O. The maximum absolute atomic E-state index is 10.5. The molecule has 0 saturated carbocycles. The smallest absolute Gasteiger partial charge is 0.258 e. The fourth-order valence-corrected chi connectivity index (χ4v) is 1.39. The van der Waals surface area contributed by atoms with Gasteiger partial charge in [-0.3, -0.25) is 10.1 Å². The molecule has 2 aromatic rings. The number of nitro groups is 1. The third kappa shape index (κ3) is 1.33. The normalized spacial score (nSPS) is 10.5. The van der Waals surface area contributed by atoms with Crippen LogP contribution in [-0.2, 0) is 0 Å². The van der Waals surface area contributed by atoms with E-state index >= 15 is 0 Å². The largest absolute Gasteiger partial charge is 0.271 e. The van der Waals surface area contributed by atoms with Gasteiger partial charge in [0.1, 0.15) is 5.52 Å². The second kappa shape index (κ2) is 3.12. The molecule has 2 rings (SSSR count). The predicted molar refractivity (Wildman–Crippen MR) is 52.3 cm³/mol. The van der Waals surface area contributed by atoms with Gasteiger partial charge in [-0.25, -0.2) is 0 Å². The van der Waals surface area contributed by atoms with Crippen molar-refractivity contribution < 1.29 is 4.92 Å². The molecule has 0 amide bonds. The van der Waals surface area contributed by atoms with Crippen molar-refractivity contribution in [3.8, 4) is 0 Å². The standard InChI is InChI=1S/C8H6N4O3/c1-5-7-3-2-6(12(14)15)4-8(7)9-11(5)10-13/h2-4H,1H3. The lowest BCUT2D eigenvalue weighted by Crippen LogP contribution is -1.90. The van der Waals surface area contributed by atoms with Crippen LogP contribution in [0.15, 0.2) is 23.5 Å². The molecule has 0 aliphatic heterocycles. The van der Waals surface area contributed by atoms with Gasteiger partial charge in [-0.05, 0) is 13.0 Å². The molecule has 0 unspecified atom stereocenters. The number of rotatable bonds is 2. The first kappa shape index (κ1) is 9.25. The lowest BCUT2D eigenvalue weighted by Gasteiger charge is -1.90. The third-order valence-corrected chi connectivity index (χ3v) is 2.16. The summed E-state index contributed by atoms with van der Waals surface area (Å²) in [4.78, 5) is 21.2. The number of hydrogen-bond acceptors (Lipinski definition) is 5. The van der Waals surface area contributed by atoms with Crippen LogP contribution in [0, 0.1) is 21.9 Å². The van der Waals surface area contributed by atoms with Crippen LogP contribution in [0.25, 0.3) is 10.9 Å². The fourth-order valence-electron chi connectivity index (χ4n) is 1.39. The van der Waals surface area contributed by atoms with Crippen molar-refractivity contribution in [2.45, 2.75) is 6.92 Å². The summed E-state index contributed by atoms with van der Waals surface area (Å²) >= 11 is 0. The lowest BCUT2D eigenvalue weighted by atomic mass is 10.2. The number of hydrogen-bond donors (Lipinski definition) is 0. The number of aryl methyl sites for hydroxylation is 1. The first-order valence-corrected chi connectivity index (χ1v) is 4.11. The van der Waals surface area contributed by atoms with E-state index in [4.69, 9.17) is 0 Å². The van der Waals surface area contributed by atoms with Gasteiger partial charge in [-0.15, -0.1) is 14.8 Å². The molecule has 0 aliphatic carbocycles. The van der Waals surface area contributed by atoms with Gasteiger partial charge < -0.3 is 0 Å². The number of nitrogens with zero attached hydrogens (tertiary/aromatic N) is 4. The topological polar surface area (TPSA) is 90.4 Å². The molecule has 1 heterocycles. The van der Waals surface area contributed by atoms with Crippen molar-refractivity contribution in [3.63, 3.8) is 0 Å². The van der Waals surface area contributed by atoms with Gasteiger partial charge in [0.2, 0.25) is 0 Å². The minimum atomic E-state index is -0.512. The highest BCUT2D eigenvalue weighted by atomic mass is 16.6. The lowest BCUT2D eigenvalue weighted by molar-refractivity contribution is -0.384. The molecule has 0 atom stereocenters. The molecule has 0 fully saturated rings. The van der Waals surface area contributed by atoms with Crippen LogP contribution in [0.4, 0.5) is 5.69 Å². The summed E-state index contributed by atoms with van der Waals surface area (Å²) in [5.41, 5.74) is 0.897. The van der Waals surface area contributed by atoms with Crippen LogP contribution >= 0.6 is 0 Å². The van der Waals surface area contributed by atoms with E-state index in [9.17, 15) is 15.0 Å². The first-order chi connectivity index (χ1) is 7.13. The Labute approximate surface area is 83.4 Å². The van der Waals surface area contributed by atoms with Crippen molar-refractivity contribution in [2.75, 3.05) is 0 Å². The predicted octanol–water partition coefficient (Wildman–Crippen LogP) is 1.78. The van der Waals surface area contributed by atoms with Crippen LogP contribution in [-0.4, -0.2) is 14.8 Å². The zero-order valence-electron chi connectivity index (χ0n) is 7.75. The number of benzene rings is 1. The molecule has 7 heteroatoms. The molecule has 0 bridgehead atoms. The summed E-state index contributed by atoms with van der Waals surface area (Å²) < 4.78 is 0. The number of nitro benzene ring substituents is 1. The highest BCUT2D eigenvalue weighted by Crippen LogP contribution is 2.22. The van der Waals surface area contributed by atoms with Gasteiger partial charge in [0.15, 0.2) is 0 Å². The van der Waals surface area contributed by atoms with E-state index in [1.165, 1.54) is 12.1 Å². The molecule has 1 aromatic heterocycles. The van der Waals surface area contributed by atoms with Gasteiger partial charge in [-0.2, -0.15) is 0 Å². The summed E-state index contributed by atoms with van der Waals surface area (Å²) in [7, 11) is 0. The Bertz CT molecular complexity index is 560. The highest BCUT2D eigenvalue weighted by Gasteiger charge is 2.12. The van der Waals surface area contributed by atoms with Crippen molar-refractivity contribution in [2.24, 2.45) is 5.29 Å². The van der Waals surface area contributed by atoms with E-state index in [1.807, 2.05) is 0 Å². The Balaban J connectivity index is 2.73. The van der Waals surface area contributed by atoms with E-state index < -0.39 is 4.92 Å². The average molecular weight is 206 g/mol. The second-order valence-corrected chi connectivity index (χ2v) is 3.02. The molecule has 0 N–H and O–H groups in total. The number of non-ortho nitro benzene ring substituents is 1. The van der Waals surface area contributed by atoms with Gasteiger partial charge >= 0.3 is 0 Å². The van der Waals surface area contributed by atoms with Crippen molar-refractivity contribution >= 4 is 16.6 Å². The fraction of sp³-hybridized carbons (Fsp3) is 0.125. The van der Waals surface area contributed by atoms with Crippen molar-refractivity contribution in [1.82, 2.24) is 9.89 Å². The van der Waals surface area contributed by atoms with Gasteiger partial charge in [-0.1, -0.05) is 0 Å². The van der Waals surface area contributed by atoms with E-state index in [2.05, 4.69) is 10.4 Å². The van der Waals surface area contributed by atoms with Crippen LogP contribution in [0.2, 0.25) is 0 Å². The Morgan fingerprint density at radius 3 is 2.87 bits per heavy atom. The third-order valence-electron chi connectivity index (χ3n) is 2.16. The van der Waals surface area contributed by atoms with Crippen molar-refractivity contribution in [1.29, 1.82) is 0 Å². The molecule has 0 radical (unpaired) electrons. The molecule has 0 aliphatic rings. The van der Waals surface area contributed by atoms with E-state index in [0.29, 0.717) is 16.6 Å². The summed E-state index contributed by atoms with van der Waals surface area (Å²) in [6.07, 6.45) is 0. The molecule has 0 saturated heterocycles. The van der Waals surface area contributed by atoms with Crippen LogP contribution < -0.4 is 0 Å². The molecular weight excluding hydrogens is 200 g/mol. The molecule has 76 valence electrons. The maximum atomic E-state index is 10.5. The minimum absolute atomic E-state index is 0.0574. The Morgan fingerprint density at radius 1 is 1.53 bits per heavy atom. The Kier molecular flexibility index (Phi) is 1.93. The molecule has 7 nitrogen and oxygen atoms in total. The zero-order chi connectivity index (χ0) is 11.0. The first-order valence-electron chi connectivity index (χ1n) is 4.11. The summed E-state index contributed by atoms with van der Waals surface area (Å²) in [5.74, 6) is 0. The molecule has 1 aromatic carbocycles. The monoisotopic (exact) mass is 206 g/mol. The Morgan fingerprint density at radius 2 is 2.27 bits per heavy atom.